The van der Waals surface area contributed by atoms with E-state index in [1.807, 2.05) is 4.90 Å². The lowest BCUT2D eigenvalue weighted by Gasteiger charge is -2.20. The molecule has 0 saturated carbocycles. The van der Waals surface area contributed by atoms with Gasteiger partial charge < -0.3 is 15.3 Å². The van der Waals surface area contributed by atoms with Gasteiger partial charge in [-0.2, -0.15) is 0 Å². The number of thiazole rings is 1. The third-order valence-electron chi connectivity index (χ3n) is 3.69. The Kier molecular flexibility index (Phi) is 5.55. The van der Waals surface area contributed by atoms with Gasteiger partial charge in [-0.15, -0.1) is 11.3 Å². The SMILES string of the molecule is CC1CCCN(C(=O)NCCc2nc(C(=O)O)cs2)CC1. The molecule has 2 heterocycles. The molecule has 1 aromatic heterocycles. The van der Waals surface area contributed by atoms with Crippen molar-refractivity contribution in [3.63, 3.8) is 0 Å². The maximum Gasteiger partial charge on any atom is 0.355 e. The summed E-state index contributed by atoms with van der Waals surface area (Å²) in [7, 11) is 0. The van der Waals surface area contributed by atoms with Crippen LogP contribution in [0.15, 0.2) is 5.38 Å². The summed E-state index contributed by atoms with van der Waals surface area (Å²) in [6.07, 6.45) is 3.86. The molecule has 1 atom stereocenters. The zero-order valence-electron chi connectivity index (χ0n) is 12.2. The highest BCUT2D eigenvalue weighted by Gasteiger charge is 2.18. The van der Waals surface area contributed by atoms with Crippen molar-refractivity contribution in [2.24, 2.45) is 5.92 Å². The van der Waals surface area contributed by atoms with Crippen LogP contribution in [0.3, 0.4) is 0 Å². The van der Waals surface area contributed by atoms with E-state index >= 15 is 0 Å². The first kappa shape index (κ1) is 15.8. The van der Waals surface area contributed by atoms with E-state index in [4.69, 9.17) is 5.11 Å². The van der Waals surface area contributed by atoms with Crippen molar-refractivity contribution in [3.8, 4) is 0 Å². The molecule has 0 aromatic carbocycles. The lowest BCUT2D eigenvalue weighted by molar-refractivity contribution is 0.0691. The summed E-state index contributed by atoms with van der Waals surface area (Å²) in [5.74, 6) is -0.326. The molecule has 6 nitrogen and oxygen atoms in total. The summed E-state index contributed by atoms with van der Waals surface area (Å²) in [6, 6.07) is -0.0286. The van der Waals surface area contributed by atoms with Gasteiger partial charge in [-0.25, -0.2) is 14.6 Å². The Hall–Kier alpha value is -1.63. The number of carbonyl (C=O) groups is 2. The van der Waals surface area contributed by atoms with Crippen LogP contribution in [0.5, 0.6) is 0 Å². The number of urea groups is 1. The molecule has 2 rings (SSSR count). The zero-order chi connectivity index (χ0) is 15.2. The first-order valence-corrected chi connectivity index (χ1v) is 8.14. The molecular weight excluding hydrogens is 290 g/mol. The Bertz CT molecular complexity index is 503. The van der Waals surface area contributed by atoms with E-state index in [1.165, 1.54) is 23.1 Å². The predicted octanol–water partition coefficient (Wildman–Crippen LogP) is 2.22. The van der Waals surface area contributed by atoms with Gasteiger partial charge in [0.15, 0.2) is 5.69 Å². The molecule has 1 saturated heterocycles. The molecule has 2 amide bonds. The molecule has 0 bridgehead atoms. The highest BCUT2D eigenvalue weighted by molar-refractivity contribution is 7.09. The molecule has 2 N–H and O–H groups in total. The van der Waals surface area contributed by atoms with E-state index < -0.39 is 5.97 Å². The number of carbonyl (C=O) groups excluding carboxylic acids is 1. The molecule has 0 spiro atoms. The lowest BCUT2D eigenvalue weighted by atomic mass is 10.0. The standard InChI is InChI=1S/C14H21N3O3S/c1-10-3-2-7-17(8-5-10)14(20)15-6-4-12-16-11(9-21-12)13(18)19/h9-10H,2-8H2,1H3,(H,15,20)(H,18,19). The fourth-order valence-electron chi connectivity index (χ4n) is 2.38. The smallest absolute Gasteiger partial charge is 0.355 e. The molecule has 1 fully saturated rings. The topological polar surface area (TPSA) is 82.5 Å². The van der Waals surface area contributed by atoms with E-state index in [1.54, 1.807) is 0 Å². The number of aromatic carboxylic acids is 1. The summed E-state index contributed by atoms with van der Waals surface area (Å²) in [5.41, 5.74) is 0.0721. The minimum Gasteiger partial charge on any atom is -0.476 e. The summed E-state index contributed by atoms with van der Waals surface area (Å²) >= 11 is 1.31. The van der Waals surface area contributed by atoms with Crippen molar-refractivity contribution in [2.45, 2.75) is 32.6 Å². The second-order valence-corrected chi connectivity index (χ2v) is 6.38. The number of likely N-dealkylation sites (tertiary alicyclic amines) is 1. The number of nitrogens with one attached hydrogen (secondary N) is 1. The Morgan fingerprint density at radius 3 is 3.00 bits per heavy atom. The van der Waals surface area contributed by atoms with E-state index in [0.29, 0.717) is 18.9 Å². The Morgan fingerprint density at radius 2 is 2.29 bits per heavy atom. The Morgan fingerprint density at radius 1 is 1.48 bits per heavy atom. The average Bonchev–Trinajstić information content (AvgIpc) is 2.81. The normalized spacial score (nSPS) is 19.1. The predicted molar refractivity (Wildman–Crippen MR) is 80.8 cm³/mol. The lowest BCUT2D eigenvalue weighted by Crippen LogP contribution is -2.41. The van der Waals surface area contributed by atoms with E-state index in [-0.39, 0.29) is 11.7 Å². The van der Waals surface area contributed by atoms with Crippen LogP contribution < -0.4 is 5.32 Å². The summed E-state index contributed by atoms with van der Waals surface area (Å²) in [6.45, 7) is 4.34. The molecule has 116 valence electrons. The number of hydrogen-bond donors (Lipinski definition) is 2. The Balaban J connectivity index is 1.74. The number of amides is 2. The highest BCUT2D eigenvalue weighted by atomic mass is 32.1. The average molecular weight is 311 g/mol. The van der Waals surface area contributed by atoms with Gasteiger partial charge >= 0.3 is 12.0 Å². The van der Waals surface area contributed by atoms with Crippen molar-refractivity contribution in [1.82, 2.24) is 15.2 Å². The number of hydrogen-bond acceptors (Lipinski definition) is 4. The summed E-state index contributed by atoms with van der Waals surface area (Å²) in [5, 5.41) is 13.9. The maximum atomic E-state index is 12.1. The number of nitrogens with zero attached hydrogens (tertiary/aromatic N) is 2. The first-order valence-electron chi connectivity index (χ1n) is 7.26. The monoisotopic (exact) mass is 311 g/mol. The van der Waals surface area contributed by atoms with Crippen LogP contribution in [0.25, 0.3) is 0 Å². The number of carboxylic acid groups (broad SMARTS) is 1. The van der Waals surface area contributed by atoms with Crippen molar-refractivity contribution in [1.29, 1.82) is 0 Å². The van der Waals surface area contributed by atoms with Crippen LogP contribution >= 0.6 is 11.3 Å². The maximum absolute atomic E-state index is 12.1. The fraction of sp³-hybridized carbons (Fsp3) is 0.643. The largest absolute Gasteiger partial charge is 0.476 e. The molecule has 21 heavy (non-hydrogen) atoms. The third kappa shape index (κ3) is 4.70. The van der Waals surface area contributed by atoms with Crippen LogP contribution in [-0.2, 0) is 6.42 Å². The van der Waals surface area contributed by atoms with Crippen LogP contribution in [0.1, 0.15) is 41.7 Å². The van der Waals surface area contributed by atoms with Gasteiger partial charge in [-0.05, 0) is 25.2 Å². The summed E-state index contributed by atoms with van der Waals surface area (Å²) in [4.78, 5) is 28.7. The number of rotatable bonds is 4. The van der Waals surface area contributed by atoms with Crippen molar-refractivity contribution in [3.05, 3.63) is 16.1 Å². The van der Waals surface area contributed by atoms with Crippen LogP contribution in [-0.4, -0.2) is 46.6 Å². The van der Waals surface area contributed by atoms with E-state index in [9.17, 15) is 9.59 Å². The Labute approximate surface area is 128 Å². The fourth-order valence-corrected chi connectivity index (χ4v) is 3.15. The van der Waals surface area contributed by atoms with Gasteiger partial charge in [-0.3, -0.25) is 0 Å². The van der Waals surface area contributed by atoms with Crippen molar-refractivity contribution in [2.75, 3.05) is 19.6 Å². The van der Waals surface area contributed by atoms with Gasteiger partial charge in [-0.1, -0.05) is 6.92 Å². The van der Waals surface area contributed by atoms with E-state index in [0.717, 1.165) is 30.9 Å². The quantitative estimate of drug-likeness (QED) is 0.893. The minimum absolute atomic E-state index is 0.0286. The molecule has 0 aliphatic carbocycles. The van der Waals surface area contributed by atoms with Crippen LogP contribution in [0.4, 0.5) is 4.79 Å². The van der Waals surface area contributed by atoms with Crippen molar-refractivity contribution >= 4 is 23.3 Å². The molecule has 1 aromatic rings. The van der Waals surface area contributed by atoms with Gasteiger partial charge in [0.2, 0.25) is 0 Å². The van der Waals surface area contributed by atoms with Gasteiger partial charge in [0.05, 0.1) is 5.01 Å². The molecule has 0 radical (unpaired) electrons. The number of aromatic nitrogens is 1. The second-order valence-electron chi connectivity index (χ2n) is 5.44. The first-order chi connectivity index (χ1) is 10.1. The third-order valence-corrected chi connectivity index (χ3v) is 4.60. The summed E-state index contributed by atoms with van der Waals surface area (Å²) < 4.78 is 0. The van der Waals surface area contributed by atoms with Crippen LogP contribution in [0, 0.1) is 5.92 Å². The van der Waals surface area contributed by atoms with Gasteiger partial charge in [0.25, 0.3) is 0 Å². The van der Waals surface area contributed by atoms with Crippen molar-refractivity contribution < 1.29 is 14.7 Å². The van der Waals surface area contributed by atoms with Gasteiger partial charge in [0, 0.05) is 31.4 Å². The minimum atomic E-state index is -1.01. The zero-order valence-corrected chi connectivity index (χ0v) is 13.0. The molecule has 7 heteroatoms. The molecule has 1 aliphatic rings. The highest BCUT2D eigenvalue weighted by Crippen LogP contribution is 2.16. The molecule has 1 unspecified atom stereocenters. The molecular formula is C14H21N3O3S. The molecule has 1 aliphatic heterocycles. The number of carboxylic acids is 1. The second kappa shape index (κ2) is 7.40. The van der Waals surface area contributed by atoms with E-state index in [2.05, 4.69) is 17.2 Å². The van der Waals surface area contributed by atoms with Gasteiger partial charge in [0.1, 0.15) is 0 Å². The van der Waals surface area contributed by atoms with Crippen LogP contribution in [0.2, 0.25) is 0 Å².